The average molecular weight is 341 g/mol. The summed E-state index contributed by atoms with van der Waals surface area (Å²) < 4.78 is 1.88. The van der Waals surface area contributed by atoms with Crippen molar-refractivity contribution >= 4 is 5.91 Å². The molecule has 1 heterocycles. The number of benzene rings is 1. The Hall–Kier alpha value is -2.40. The largest absolute Gasteiger partial charge is 0.394 e. The van der Waals surface area contributed by atoms with Crippen LogP contribution in [0.3, 0.4) is 0 Å². The number of aryl methyl sites for hydroxylation is 2. The minimum absolute atomic E-state index is 0.100. The third kappa shape index (κ3) is 5.03. The molecule has 0 aliphatic carbocycles. The molecule has 2 rings (SSSR count). The molecule has 1 atom stereocenters. The Kier molecular flexibility index (Phi) is 6.53. The number of allylic oxidation sites excluding steroid dienone is 1. The van der Waals surface area contributed by atoms with Crippen molar-refractivity contribution in [2.24, 2.45) is 0 Å². The van der Waals surface area contributed by atoms with Gasteiger partial charge >= 0.3 is 0 Å². The Bertz CT molecular complexity index is 735. The first-order chi connectivity index (χ1) is 11.9. The molecule has 5 heteroatoms. The van der Waals surface area contributed by atoms with Crippen LogP contribution in [0.4, 0.5) is 0 Å². The van der Waals surface area contributed by atoms with Crippen molar-refractivity contribution in [1.82, 2.24) is 15.1 Å². The summed E-state index contributed by atoms with van der Waals surface area (Å²) >= 11 is 0. The number of aliphatic hydroxyl groups excluding tert-OH is 1. The summed E-state index contributed by atoms with van der Waals surface area (Å²) in [5.41, 5.74) is 5.24. The van der Waals surface area contributed by atoms with Gasteiger partial charge in [-0.05, 0) is 38.3 Å². The van der Waals surface area contributed by atoms with E-state index in [1.165, 1.54) is 5.56 Å². The molecule has 0 radical (unpaired) electrons. The van der Waals surface area contributed by atoms with Crippen LogP contribution in [-0.2, 0) is 17.8 Å². The molecule has 1 amide bonds. The number of carbonyl (C=O) groups excluding carboxylic acids is 1. The predicted molar refractivity (Wildman–Crippen MR) is 99.2 cm³/mol. The molecule has 25 heavy (non-hydrogen) atoms. The zero-order valence-electron chi connectivity index (χ0n) is 15.2. The first-order valence-electron chi connectivity index (χ1n) is 8.54. The smallest absolute Gasteiger partial charge is 0.222 e. The molecule has 0 aliphatic heterocycles. The van der Waals surface area contributed by atoms with Crippen molar-refractivity contribution in [2.45, 2.75) is 46.2 Å². The topological polar surface area (TPSA) is 67.2 Å². The van der Waals surface area contributed by atoms with Crippen molar-refractivity contribution in [3.63, 3.8) is 0 Å². The summed E-state index contributed by atoms with van der Waals surface area (Å²) in [4.78, 5) is 12.3. The molecule has 0 unspecified atom stereocenters. The monoisotopic (exact) mass is 341 g/mol. The van der Waals surface area contributed by atoms with Gasteiger partial charge in [-0.15, -0.1) is 0 Å². The number of aliphatic hydroxyl groups is 1. The second-order valence-corrected chi connectivity index (χ2v) is 6.47. The molecule has 0 fully saturated rings. The summed E-state index contributed by atoms with van der Waals surface area (Å²) in [7, 11) is 0. The van der Waals surface area contributed by atoms with Crippen LogP contribution >= 0.6 is 0 Å². The van der Waals surface area contributed by atoms with E-state index in [0.29, 0.717) is 13.0 Å². The van der Waals surface area contributed by atoms with Crippen LogP contribution in [0.5, 0.6) is 0 Å². The Morgan fingerprint density at radius 1 is 1.32 bits per heavy atom. The van der Waals surface area contributed by atoms with Gasteiger partial charge < -0.3 is 10.4 Å². The van der Waals surface area contributed by atoms with Gasteiger partial charge in [-0.1, -0.05) is 42.5 Å². The summed E-state index contributed by atoms with van der Waals surface area (Å²) in [5, 5.41) is 17.0. The third-order valence-corrected chi connectivity index (χ3v) is 4.28. The molecule has 0 bridgehead atoms. The lowest BCUT2D eigenvalue weighted by molar-refractivity contribution is -0.122. The van der Waals surface area contributed by atoms with Crippen molar-refractivity contribution in [2.75, 3.05) is 6.61 Å². The Morgan fingerprint density at radius 2 is 2.00 bits per heavy atom. The first kappa shape index (κ1) is 18.9. The zero-order valence-corrected chi connectivity index (χ0v) is 15.2. The SMILES string of the molecule is C=C(C)Cc1c(C)nn(CCC(=O)N[C@H](CO)c2ccccc2)c1C. The van der Waals surface area contributed by atoms with E-state index in [0.717, 1.165) is 28.9 Å². The Morgan fingerprint density at radius 3 is 2.60 bits per heavy atom. The highest BCUT2D eigenvalue weighted by atomic mass is 16.3. The maximum Gasteiger partial charge on any atom is 0.222 e. The minimum Gasteiger partial charge on any atom is -0.394 e. The summed E-state index contributed by atoms with van der Waals surface area (Å²) in [6.45, 7) is 10.4. The highest BCUT2D eigenvalue weighted by Gasteiger charge is 2.15. The van der Waals surface area contributed by atoms with Crippen LogP contribution in [0.15, 0.2) is 42.5 Å². The van der Waals surface area contributed by atoms with Gasteiger partial charge in [0.15, 0.2) is 0 Å². The molecule has 1 aromatic carbocycles. The first-order valence-corrected chi connectivity index (χ1v) is 8.54. The lowest BCUT2D eigenvalue weighted by Gasteiger charge is -2.17. The van der Waals surface area contributed by atoms with Gasteiger partial charge in [-0.25, -0.2) is 0 Å². The zero-order chi connectivity index (χ0) is 18.4. The number of aromatic nitrogens is 2. The molecule has 0 aliphatic rings. The fourth-order valence-electron chi connectivity index (χ4n) is 2.90. The summed E-state index contributed by atoms with van der Waals surface area (Å²) in [6.07, 6.45) is 1.13. The molecule has 134 valence electrons. The van der Waals surface area contributed by atoms with Gasteiger partial charge in [0.1, 0.15) is 0 Å². The molecule has 2 aromatic rings. The molecule has 0 spiro atoms. The summed E-state index contributed by atoms with van der Waals surface area (Å²) in [5.74, 6) is -0.100. The Labute approximate surface area is 149 Å². The van der Waals surface area contributed by atoms with Gasteiger partial charge in [0.2, 0.25) is 5.91 Å². The second-order valence-electron chi connectivity index (χ2n) is 6.47. The van der Waals surface area contributed by atoms with E-state index >= 15 is 0 Å². The number of rotatable bonds is 8. The maximum atomic E-state index is 12.3. The number of carbonyl (C=O) groups is 1. The van der Waals surface area contributed by atoms with Gasteiger partial charge in [-0.3, -0.25) is 9.48 Å². The molecule has 1 aromatic heterocycles. The standard InChI is InChI=1S/C20H27N3O2/c1-14(2)12-18-15(3)22-23(16(18)4)11-10-20(25)21-19(13-24)17-8-6-5-7-9-17/h5-9,19,24H,1,10-13H2,2-4H3,(H,21,25)/t19-/m1/s1. The highest BCUT2D eigenvalue weighted by molar-refractivity contribution is 5.76. The van der Waals surface area contributed by atoms with Crippen LogP contribution in [0.1, 0.15) is 41.9 Å². The van der Waals surface area contributed by atoms with Crippen LogP contribution in [0, 0.1) is 13.8 Å². The second kappa shape index (κ2) is 8.62. The molecular weight excluding hydrogens is 314 g/mol. The molecule has 5 nitrogen and oxygen atoms in total. The van der Waals surface area contributed by atoms with Crippen molar-refractivity contribution < 1.29 is 9.90 Å². The van der Waals surface area contributed by atoms with Crippen molar-refractivity contribution in [3.8, 4) is 0 Å². The van der Waals surface area contributed by atoms with Crippen LogP contribution < -0.4 is 5.32 Å². The van der Waals surface area contributed by atoms with E-state index in [4.69, 9.17) is 0 Å². The molecule has 0 saturated heterocycles. The number of hydrogen-bond donors (Lipinski definition) is 2. The van der Waals surface area contributed by atoms with E-state index in [1.54, 1.807) is 0 Å². The quantitative estimate of drug-likeness (QED) is 0.726. The van der Waals surface area contributed by atoms with E-state index in [9.17, 15) is 9.90 Å². The fraction of sp³-hybridized carbons (Fsp3) is 0.400. The summed E-state index contributed by atoms with van der Waals surface area (Å²) in [6, 6.07) is 9.10. The highest BCUT2D eigenvalue weighted by Crippen LogP contribution is 2.17. The predicted octanol–water partition coefficient (Wildman–Crippen LogP) is 2.86. The van der Waals surface area contributed by atoms with E-state index < -0.39 is 0 Å². The number of hydrogen-bond acceptors (Lipinski definition) is 3. The van der Waals surface area contributed by atoms with Gasteiger partial charge in [-0.2, -0.15) is 5.10 Å². The lowest BCUT2D eigenvalue weighted by atomic mass is 10.1. The van der Waals surface area contributed by atoms with E-state index in [-0.39, 0.29) is 18.6 Å². The number of nitrogens with one attached hydrogen (secondary N) is 1. The van der Waals surface area contributed by atoms with Gasteiger partial charge in [0.05, 0.1) is 18.3 Å². The maximum absolute atomic E-state index is 12.3. The van der Waals surface area contributed by atoms with Crippen molar-refractivity contribution in [1.29, 1.82) is 0 Å². The van der Waals surface area contributed by atoms with Crippen LogP contribution in [0.25, 0.3) is 0 Å². The molecule has 0 saturated carbocycles. The molecule has 2 N–H and O–H groups in total. The minimum atomic E-state index is -0.381. The van der Waals surface area contributed by atoms with E-state index in [2.05, 4.69) is 17.0 Å². The number of amides is 1. The Balaban J connectivity index is 1.97. The number of nitrogens with zero attached hydrogens (tertiary/aromatic N) is 2. The molecular formula is C20H27N3O2. The van der Waals surface area contributed by atoms with Crippen LogP contribution in [0.2, 0.25) is 0 Å². The fourth-order valence-corrected chi connectivity index (χ4v) is 2.90. The third-order valence-electron chi connectivity index (χ3n) is 4.28. The van der Waals surface area contributed by atoms with Crippen molar-refractivity contribution in [3.05, 3.63) is 65.0 Å². The average Bonchev–Trinajstić information content (AvgIpc) is 2.85. The van der Waals surface area contributed by atoms with Gasteiger partial charge in [0.25, 0.3) is 0 Å². The normalized spacial score (nSPS) is 12.0. The lowest BCUT2D eigenvalue weighted by Crippen LogP contribution is -2.31. The van der Waals surface area contributed by atoms with E-state index in [1.807, 2.05) is 55.8 Å². The van der Waals surface area contributed by atoms with Gasteiger partial charge in [0, 0.05) is 18.7 Å². The van der Waals surface area contributed by atoms with Crippen LogP contribution in [-0.4, -0.2) is 27.4 Å².